The molecule has 58 heavy (non-hydrogen) atoms. The second kappa shape index (κ2) is 31.7. The quantitative estimate of drug-likeness (QED) is 0.0690. The topological polar surface area (TPSA) is 17.1 Å². The maximum Gasteiger partial charge on any atom is 0.140 e. The first kappa shape index (κ1) is 54.8. The van der Waals surface area contributed by atoms with Crippen LogP contribution in [-0.2, 0) is 4.79 Å². The van der Waals surface area contributed by atoms with E-state index in [9.17, 15) is 4.79 Å². The van der Waals surface area contributed by atoms with Crippen LogP contribution < -0.4 is 0 Å². The van der Waals surface area contributed by atoms with Gasteiger partial charge in [0.05, 0.1) is 5.41 Å². The van der Waals surface area contributed by atoms with Gasteiger partial charge in [0.25, 0.3) is 0 Å². The Hall–Kier alpha value is -3.19. The van der Waals surface area contributed by atoms with Gasteiger partial charge in [-0.25, -0.2) is 0 Å². The van der Waals surface area contributed by atoms with Gasteiger partial charge in [-0.2, -0.15) is 0 Å². The fourth-order valence-electron chi connectivity index (χ4n) is 7.33. The Morgan fingerprint density at radius 3 is 0.879 bits per heavy atom. The highest BCUT2D eigenvalue weighted by molar-refractivity contribution is 5.86. The molecule has 0 unspecified atom stereocenters. The fraction of sp³-hybridized carbons (Fsp3) is 0.596. The first-order valence-corrected chi connectivity index (χ1v) is 23.0. The normalized spacial score (nSPS) is 14.8. The molecule has 0 rings (SSSR count). The molecule has 0 heterocycles. The number of carbonyl (C=O) groups excluding carboxylic acids is 1. The van der Waals surface area contributed by atoms with E-state index in [2.05, 4.69) is 165 Å². The zero-order valence-electron chi connectivity index (χ0n) is 41.2. The van der Waals surface area contributed by atoms with Crippen LogP contribution in [0.5, 0.6) is 0 Å². The van der Waals surface area contributed by atoms with Gasteiger partial charge in [-0.1, -0.05) is 128 Å². The van der Waals surface area contributed by atoms with Crippen molar-refractivity contribution in [1.29, 1.82) is 0 Å². The van der Waals surface area contributed by atoms with Crippen LogP contribution >= 0.6 is 0 Å². The van der Waals surface area contributed by atoms with Gasteiger partial charge in [-0.3, -0.25) is 4.79 Å². The number of hydrogen-bond acceptors (Lipinski definition) is 1. The summed E-state index contributed by atoms with van der Waals surface area (Å²) >= 11 is 0. The van der Waals surface area contributed by atoms with E-state index in [0.29, 0.717) is 5.78 Å². The van der Waals surface area contributed by atoms with Crippen LogP contribution in [0.3, 0.4) is 0 Å². The van der Waals surface area contributed by atoms with Crippen LogP contribution in [0.2, 0.25) is 0 Å². The molecule has 326 valence electrons. The molecular formula is C57H92O. The molecule has 0 aromatic rings. The smallest absolute Gasteiger partial charge is 0.140 e. The summed E-state index contributed by atoms with van der Waals surface area (Å²) in [5.74, 6) is 0.295. The number of Topliss-reactive ketones (excluding diaryl/α,β-unsaturated/α-hetero) is 1. The van der Waals surface area contributed by atoms with E-state index in [1.54, 1.807) is 0 Å². The number of allylic oxidation sites excluding steroid dienone is 22. The van der Waals surface area contributed by atoms with Crippen molar-refractivity contribution in [3.63, 3.8) is 0 Å². The summed E-state index contributed by atoms with van der Waals surface area (Å²) in [7, 11) is 0. The molecule has 0 fully saturated rings. The predicted octanol–water partition coefficient (Wildman–Crippen LogP) is 19.1. The average Bonchev–Trinajstić information content (AvgIpc) is 3.11. The summed E-state index contributed by atoms with van der Waals surface area (Å²) in [4.78, 5) is 14.4. The largest absolute Gasteiger partial charge is 0.299 e. The second-order valence-corrected chi connectivity index (χ2v) is 18.7. The molecule has 0 saturated heterocycles. The summed E-state index contributed by atoms with van der Waals surface area (Å²) < 4.78 is 0. The van der Waals surface area contributed by atoms with Crippen LogP contribution in [0.25, 0.3) is 0 Å². The summed E-state index contributed by atoms with van der Waals surface area (Å²) in [5.41, 5.74) is 16.3. The van der Waals surface area contributed by atoms with Crippen LogP contribution in [0.1, 0.15) is 220 Å². The molecule has 0 aliphatic rings. The molecule has 0 aromatic carbocycles. The van der Waals surface area contributed by atoms with Crippen molar-refractivity contribution in [3.05, 3.63) is 128 Å². The molecule has 0 atom stereocenters. The Morgan fingerprint density at radius 2 is 0.586 bits per heavy atom. The molecule has 0 aromatic heterocycles. The van der Waals surface area contributed by atoms with E-state index in [-0.39, 0.29) is 0 Å². The third-order valence-corrected chi connectivity index (χ3v) is 11.5. The third-order valence-electron chi connectivity index (χ3n) is 11.5. The monoisotopic (exact) mass is 793 g/mol. The Morgan fingerprint density at radius 1 is 0.328 bits per heavy atom. The second-order valence-electron chi connectivity index (χ2n) is 18.7. The highest BCUT2D eigenvalue weighted by Crippen LogP contribution is 2.43. The van der Waals surface area contributed by atoms with Crippen molar-refractivity contribution in [3.8, 4) is 0 Å². The molecule has 0 radical (unpaired) electrons. The van der Waals surface area contributed by atoms with Gasteiger partial charge in [0.2, 0.25) is 0 Å². The van der Waals surface area contributed by atoms with E-state index < -0.39 is 5.41 Å². The zero-order valence-corrected chi connectivity index (χ0v) is 41.2. The molecule has 0 spiro atoms. The van der Waals surface area contributed by atoms with Crippen molar-refractivity contribution >= 4 is 5.78 Å². The molecule has 0 saturated carbocycles. The van der Waals surface area contributed by atoms with E-state index >= 15 is 0 Å². The maximum atomic E-state index is 14.4. The van der Waals surface area contributed by atoms with Crippen molar-refractivity contribution < 1.29 is 4.79 Å². The summed E-state index contributed by atoms with van der Waals surface area (Å²) in [6.07, 6.45) is 41.2. The molecule has 0 N–H and O–H groups in total. The number of carbonyl (C=O) groups is 1. The molecule has 1 heteroatoms. The molecule has 0 aliphatic carbocycles. The Kier molecular flexibility index (Phi) is 30.0. The number of ketones is 1. The SMILES string of the molecule is CC(=O)C(CC=C(C)CCC=C(C)CCC=C(C)C)(CC=C(C)CCC=C(C)CCC=C(C)C)C(CC=C(C)CCC=C(C)CCC=C(C)C)=C(C)CCC=C(C)C. The first-order valence-electron chi connectivity index (χ1n) is 23.0. The predicted molar refractivity (Wildman–Crippen MR) is 265 cm³/mol. The molecule has 0 bridgehead atoms. The molecule has 0 aliphatic heterocycles. The van der Waals surface area contributed by atoms with Gasteiger partial charge in [0.15, 0.2) is 0 Å². The van der Waals surface area contributed by atoms with Crippen molar-refractivity contribution in [1.82, 2.24) is 0 Å². The van der Waals surface area contributed by atoms with Gasteiger partial charge >= 0.3 is 0 Å². The minimum absolute atomic E-state index is 0.295. The summed E-state index contributed by atoms with van der Waals surface area (Å²) in [5, 5.41) is 0. The fourth-order valence-corrected chi connectivity index (χ4v) is 7.33. The van der Waals surface area contributed by atoms with Gasteiger partial charge in [0.1, 0.15) is 5.78 Å². The first-order chi connectivity index (χ1) is 27.3. The highest BCUT2D eigenvalue weighted by atomic mass is 16.1. The Balaban J connectivity index is 6.81. The zero-order chi connectivity index (χ0) is 44.1. The Labute approximate surface area is 362 Å². The van der Waals surface area contributed by atoms with Crippen LogP contribution in [0.4, 0.5) is 0 Å². The summed E-state index contributed by atoms with van der Waals surface area (Å²) in [6.45, 7) is 35.3. The van der Waals surface area contributed by atoms with Crippen LogP contribution in [0.15, 0.2) is 128 Å². The lowest BCUT2D eigenvalue weighted by Gasteiger charge is -2.35. The van der Waals surface area contributed by atoms with Gasteiger partial charge < -0.3 is 0 Å². The van der Waals surface area contributed by atoms with E-state index in [1.807, 2.05) is 6.92 Å². The van der Waals surface area contributed by atoms with Crippen LogP contribution in [0, 0.1) is 5.41 Å². The van der Waals surface area contributed by atoms with Crippen molar-refractivity contribution in [2.75, 3.05) is 0 Å². The minimum atomic E-state index is -0.567. The average molecular weight is 793 g/mol. The lowest BCUT2D eigenvalue weighted by atomic mass is 9.67. The lowest BCUT2D eigenvalue weighted by molar-refractivity contribution is -0.124. The van der Waals surface area contributed by atoms with E-state index in [4.69, 9.17) is 0 Å². The van der Waals surface area contributed by atoms with Crippen molar-refractivity contribution in [2.24, 2.45) is 5.41 Å². The third kappa shape index (κ3) is 27.5. The Bertz CT molecular complexity index is 1510. The molecule has 0 amide bonds. The number of hydrogen-bond donors (Lipinski definition) is 0. The maximum absolute atomic E-state index is 14.4. The van der Waals surface area contributed by atoms with Gasteiger partial charge in [-0.15, -0.1) is 0 Å². The van der Waals surface area contributed by atoms with Gasteiger partial charge in [0, 0.05) is 0 Å². The van der Waals surface area contributed by atoms with E-state index in [0.717, 1.165) is 109 Å². The number of rotatable bonds is 29. The molecular weight excluding hydrogens is 701 g/mol. The van der Waals surface area contributed by atoms with Gasteiger partial charge in [-0.05, 0) is 220 Å². The van der Waals surface area contributed by atoms with Crippen molar-refractivity contribution in [2.45, 2.75) is 220 Å². The van der Waals surface area contributed by atoms with E-state index in [1.165, 1.54) is 66.9 Å². The van der Waals surface area contributed by atoms with Crippen LogP contribution in [-0.4, -0.2) is 5.78 Å². The molecule has 1 nitrogen and oxygen atoms in total. The minimum Gasteiger partial charge on any atom is -0.299 e. The summed E-state index contributed by atoms with van der Waals surface area (Å²) in [6, 6.07) is 0. The highest BCUT2D eigenvalue weighted by Gasteiger charge is 2.38. The standard InChI is InChI=1S/C57H92O/c1-44(2)24-17-28-48(9)31-21-34-51(12)38-39-56(54(15)37-20-27-47(7)8)57(55(16)58,42-40-52(13)35-22-32-49(10)29-18-25-45(3)4)43-41-53(14)36-23-33-50(11)30-19-26-46(5)6/h24-27,31-33,38,40-41H,17-23,28-30,34-37,39,42-43H2,1-16H3. The lowest BCUT2D eigenvalue weighted by Crippen LogP contribution is -2.32.